The number of hydrogen-bond acceptors (Lipinski definition) is 2. The van der Waals surface area contributed by atoms with E-state index in [1.54, 1.807) is 7.11 Å². The van der Waals surface area contributed by atoms with Crippen LogP contribution in [0.15, 0.2) is 36.4 Å². The number of carbonyl (C=O) groups is 1. The van der Waals surface area contributed by atoms with Gasteiger partial charge in [0.1, 0.15) is 5.75 Å². The predicted molar refractivity (Wildman–Crippen MR) is 67.3 cm³/mol. The fourth-order valence-corrected chi connectivity index (χ4v) is 1.71. The summed E-state index contributed by atoms with van der Waals surface area (Å²) in [6.45, 7) is 1.89. The molecule has 1 unspecified atom stereocenters. The van der Waals surface area contributed by atoms with Gasteiger partial charge in [0.25, 0.3) is 0 Å². The van der Waals surface area contributed by atoms with Crippen LogP contribution >= 0.6 is 0 Å². The van der Waals surface area contributed by atoms with Gasteiger partial charge in [0.15, 0.2) is 0 Å². The highest BCUT2D eigenvalue weighted by molar-refractivity contribution is 5.70. The molecule has 0 fully saturated rings. The van der Waals surface area contributed by atoms with Gasteiger partial charge in [-0.1, -0.05) is 30.4 Å². The number of aliphatic carboxylic acids is 1. The van der Waals surface area contributed by atoms with Crippen molar-refractivity contribution in [1.29, 1.82) is 0 Å². The number of benzene rings is 1. The average molecular weight is 234 g/mol. The second-order valence-electron chi connectivity index (χ2n) is 3.86. The molecule has 0 saturated carbocycles. The smallest absolute Gasteiger partial charge is 0.307 e. The Bertz CT molecular complexity index is 396. The van der Waals surface area contributed by atoms with E-state index in [9.17, 15) is 4.79 Å². The Labute approximate surface area is 102 Å². The normalized spacial score (nSPS) is 12.6. The minimum atomic E-state index is -0.769. The lowest BCUT2D eigenvalue weighted by atomic mass is 9.95. The largest absolute Gasteiger partial charge is 0.496 e. The predicted octanol–water partition coefficient (Wildman–Crippen LogP) is 2.90. The van der Waals surface area contributed by atoms with Crippen molar-refractivity contribution < 1.29 is 14.6 Å². The first kappa shape index (κ1) is 13.3. The Morgan fingerprint density at radius 2 is 2.18 bits per heavy atom. The Hall–Kier alpha value is -1.77. The summed E-state index contributed by atoms with van der Waals surface area (Å²) in [7, 11) is 1.60. The van der Waals surface area contributed by atoms with E-state index in [4.69, 9.17) is 9.84 Å². The highest BCUT2D eigenvalue weighted by Crippen LogP contribution is 2.22. The summed E-state index contributed by atoms with van der Waals surface area (Å²) in [5, 5.41) is 9.15. The molecule has 3 nitrogen and oxygen atoms in total. The molecule has 0 aliphatic rings. The third-order valence-electron chi connectivity index (χ3n) is 2.66. The van der Waals surface area contributed by atoms with Crippen molar-refractivity contribution >= 4 is 5.97 Å². The van der Waals surface area contributed by atoms with Crippen LogP contribution in [0.3, 0.4) is 0 Å². The molecule has 0 saturated heterocycles. The zero-order valence-corrected chi connectivity index (χ0v) is 10.2. The van der Waals surface area contributed by atoms with Crippen LogP contribution in [0.4, 0.5) is 0 Å². The summed E-state index contributed by atoms with van der Waals surface area (Å²) >= 11 is 0. The first-order valence-electron chi connectivity index (χ1n) is 5.65. The van der Waals surface area contributed by atoms with Gasteiger partial charge in [0, 0.05) is 0 Å². The molecule has 1 rings (SSSR count). The molecule has 0 aliphatic carbocycles. The summed E-state index contributed by atoms with van der Waals surface area (Å²) in [6.07, 6.45) is 4.79. The number of para-hydroxylation sites is 1. The number of rotatable bonds is 6. The Kier molecular flexibility index (Phi) is 5.27. The molecule has 0 radical (unpaired) electrons. The van der Waals surface area contributed by atoms with Gasteiger partial charge in [-0.3, -0.25) is 4.79 Å². The molecule has 92 valence electrons. The Balaban J connectivity index is 2.81. The maximum absolute atomic E-state index is 11.1. The highest BCUT2D eigenvalue weighted by Gasteiger charge is 2.18. The summed E-state index contributed by atoms with van der Waals surface area (Å²) in [5.74, 6) is -0.421. The fourth-order valence-electron chi connectivity index (χ4n) is 1.71. The van der Waals surface area contributed by atoms with Gasteiger partial charge in [-0.15, -0.1) is 0 Å². The summed E-state index contributed by atoms with van der Waals surface area (Å²) in [6, 6.07) is 7.53. The molecule has 17 heavy (non-hydrogen) atoms. The Morgan fingerprint density at radius 3 is 2.76 bits per heavy atom. The van der Waals surface area contributed by atoms with Crippen molar-refractivity contribution in [3.05, 3.63) is 42.0 Å². The second-order valence-corrected chi connectivity index (χ2v) is 3.86. The van der Waals surface area contributed by atoms with Gasteiger partial charge in [0.2, 0.25) is 0 Å². The van der Waals surface area contributed by atoms with Gasteiger partial charge in [-0.25, -0.2) is 0 Å². The third kappa shape index (κ3) is 3.94. The quantitative estimate of drug-likeness (QED) is 0.770. The van der Waals surface area contributed by atoms with E-state index in [0.717, 1.165) is 11.3 Å². The van der Waals surface area contributed by atoms with E-state index in [0.29, 0.717) is 12.8 Å². The van der Waals surface area contributed by atoms with Gasteiger partial charge in [0.05, 0.1) is 13.0 Å². The first-order chi connectivity index (χ1) is 8.19. The van der Waals surface area contributed by atoms with Crippen molar-refractivity contribution in [2.24, 2.45) is 5.92 Å². The highest BCUT2D eigenvalue weighted by atomic mass is 16.5. The maximum Gasteiger partial charge on any atom is 0.307 e. The van der Waals surface area contributed by atoms with Crippen LogP contribution in [-0.2, 0) is 11.2 Å². The van der Waals surface area contributed by atoms with E-state index < -0.39 is 11.9 Å². The number of methoxy groups -OCH3 is 1. The van der Waals surface area contributed by atoms with Gasteiger partial charge < -0.3 is 9.84 Å². The zero-order valence-electron chi connectivity index (χ0n) is 10.2. The van der Waals surface area contributed by atoms with Gasteiger partial charge in [-0.05, 0) is 31.4 Å². The maximum atomic E-state index is 11.1. The van der Waals surface area contributed by atoms with Crippen molar-refractivity contribution in [3.8, 4) is 5.75 Å². The molecular formula is C14H18O3. The van der Waals surface area contributed by atoms with Crippen LogP contribution in [0.5, 0.6) is 5.75 Å². The molecular weight excluding hydrogens is 216 g/mol. The SMILES string of the molecule is CC=CCC(Cc1ccccc1OC)C(=O)O. The van der Waals surface area contributed by atoms with Crippen molar-refractivity contribution in [2.45, 2.75) is 19.8 Å². The molecule has 3 heteroatoms. The molecule has 0 heterocycles. The minimum Gasteiger partial charge on any atom is -0.496 e. The average Bonchev–Trinajstić information content (AvgIpc) is 2.34. The monoisotopic (exact) mass is 234 g/mol. The number of hydrogen-bond donors (Lipinski definition) is 1. The molecule has 0 bridgehead atoms. The molecule has 0 aromatic heterocycles. The lowest BCUT2D eigenvalue weighted by Gasteiger charge is -2.13. The second kappa shape index (κ2) is 6.74. The van der Waals surface area contributed by atoms with E-state index >= 15 is 0 Å². The molecule has 0 aliphatic heterocycles. The lowest BCUT2D eigenvalue weighted by Crippen LogP contribution is -2.16. The number of ether oxygens (including phenoxy) is 1. The van der Waals surface area contributed by atoms with Gasteiger partial charge >= 0.3 is 5.97 Å². The van der Waals surface area contributed by atoms with E-state index in [1.165, 1.54) is 0 Å². The van der Waals surface area contributed by atoms with Crippen molar-refractivity contribution in [2.75, 3.05) is 7.11 Å². The van der Waals surface area contributed by atoms with E-state index in [-0.39, 0.29) is 0 Å². The van der Waals surface area contributed by atoms with Crippen LogP contribution < -0.4 is 4.74 Å². The molecule has 0 spiro atoms. The van der Waals surface area contributed by atoms with Gasteiger partial charge in [-0.2, -0.15) is 0 Å². The van der Waals surface area contributed by atoms with E-state index in [2.05, 4.69) is 0 Å². The fraction of sp³-hybridized carbons (Fsp3) is 0.357. The van der Waals surface area contributed by atoms with Crippen LogP contribution in [0, 0.1) is 5.92 Å². The van der Waals surface area contributed by atoms with Crippen LogP contribution in [0.25, 0.3) is 0 Å². The standard InChI is InChI=1S/C14H18O3/c1-3-4-7-12(14(15)16)10-11-8-5-6-9-13(11)17-2/h3-6,8-9,12H,7,10H2,1-2H3,(H,15,16). The number of allylic oxidation sites excluding steroid dienone is 2. The molecule has 1 aromatic rings. The topological polar surface area (TPSA) is 46.5 Å². The van der Waals surface area contributed by atoms with Crippen molar-refractivity contribution in [1.82, 2.24) is 0 Å². The number of carboxylic acids is 1. The molecule has 0 amide bonds. The van der Waals surface area contributed by atoms with Crippen molar-refractivity contribution in [3.63, 3.8) is 0 Å². The third-order valence-corrected chi connectivity index (χ3v) is 2.66. The van der Waals surface area contributed by atoms with E-state index in [1.807, 2.05) is 43.3 Å². The lowest BCUT2D eigenvalue weighted by molar-refractivity contribution is -0.141. The zero-order chi connectivity index (χ0) is 12.7. The molecule has 1 atom stereocenters. The Morgan fingerprint density at radius 1 is 1.47 bits per heavy atom. The van der Waals surface area contributed by atoms with Crippen LogP contribution in [-0.4, -0.2) is 18.2 Å². The summed E-state index contributed by atoms with van der Waals surface area (Å²) in [5.41, 5.74) is 0.937. The summed E-state index contributed by atoms with van der Waals surface area (Å²) in [4.78, 5) is 11.1. The van der Waals surface area contributed by atoms with Crippen LogP contribution in [0.1, 0.15) is 18.9 Å². The summed E-state index contributed by atoms with van der Waals surface area (Å²) < 4.78 is 5.22. The molecule has 1 aromatic carbocycles. The number of carboxylic acid groups (broad SMARTS) is 1. The first-order valence-corrected chi connectivity index (χ1v) is 5.65. The minimum absolute atomic E-state index is 0.400. The molecule has 1 N–H and O–H groups in total. The van der Waals surface area contributed by atoms with Crippen LogP contribution in [0.2, 0.25) is 0 Å².